The van der Waals surface area contributed by atoms with Gasteiger partial charge in [0.1, 0.15) is 5.75 Å². The van der Waals surface area contributed by atoms with Gasteiger partial charge in [0.15, 0.2) is 0 Å². The van der Waals surface area contributed by atoms with Crippen LogP contribution in [0.25, 0.3) is 0 Å². The van der Waals surface area contributed by atoms with Gasteiger partial charge < -0.3 is 13.7 Å². The molecule has 128 valence electrons. The fourth-order valence-corrected chi connectivity index (χ4v) is 2.82. The van der Waals surface area contributed by atoms with E-state index >= 15 is 0 Å². The number of phenols is 1. The van der Waals surface area contributed by atoms with E-state index in [0.717, 1.165) is 0 Å². The number of amides is 1. The van der Waals surface area contributed by atoms with Crippen molar-refractivity contribution in [2.24, 2.45) is 4.36 Å². The first-order chi connectivity index (χ1) is 12.6. The van der Waals surface area contributed by atoms with Gasteiger partial charge >= 0.3 is 0 Å². The molecule has 0 aliphatic carbocycles. The van der Waals surface area contributed by atoms with Crippen molar-refractivity contribution in [1.82, 2.24) is 4.98 Å². The zero-order valence-corrected chi connectivity index (χ0v) is 14.3. The summed E-state index contributed by atoms with van der Waals surface area (Å²) in [5, 5.41) is 9.44. The van der Waals surface area contributed by atoms with E-state index in [9.17, 15) is 14.1 Å². The molecule has 2 aromatic carbocycles. The average molecular weight is 361 g/mol. The number of carbonyl (C=O) groups excluding carboxylic acids is 1. The summed E-state index contributed by atoms with van der Waals surface area (Å²) in [6, 6.07) is 16.6. The van der Waals surface area contributed by atoms with Gasteiger partial charge in [-0.15, -0.1) is 0 Å². The second kappa shape index (κ2) is 8.10. The monoisotopic (exact) mass is 361 g/mol. The summed E-state index contributed by atoms with van der Waals surface area (Å²) in [5.74, 6) is 5.26. The van der Waals surface area contributed by atoms with Crippen LogP contribution >= 0.6 is 0 Å². The third-order valence-corrected chi connectivity index (χ3v) is 4.30. The molecule has 0 unspecified atom stereocenters. The molecule has 26 heavy (non-hydrogen) atoms. The zero-order chi connectivity index (χ0) is 18.4. The highest BCUT2D eigenvalue weighted by Crippen LogP contribution is 2.10. The van der Waals surface area contributed by atoms with Gasteiger partial charge in [-0.2, -0.15) is 10.6 Å². The molecule has 0 fully saturated rings. The lowest BCUT2D eigenvalue weighted by Crippen LogP contribution is -1.97. The first-order valence-corrected chi connectivity index (χ1v) is 8.71. The number of pyridine rings is 1. The van der Waals surface area contributed by atoms with Crippen molar-refractivity contribution in [3.05, 3.63) is 89.7 Å². The topological polar surface area (TPSA) is 79.6 Å². The molecule has 1 N–H and O–H groups in total. The fourth-order valence-electron chi connectivity index (χ4n) is 2.07. The Labute approximate surface area is 152 Å². The zero-order valence-electron chi connectivity index (χ0n) is 13.5. The number of rotatable bonds is 2. The summed E-state index contributed by atoms with van der Waals surface area (Å²) in [4.78, 5) is 16.7. The largest absolute Gasteiger partial charge is 0.508 e. The van der Waals surface area contributed by atoms with E-state index in [4.69, 9.17) is 0 Å². The Bertz CT molecular complexity index is 1090. The van der Waals surface area contributed by atoms with Crippen molar-refractivity contribution in [3.63, 3.8) is 0 Å². The van der Waals surface area contributed by atoms with Gasteiger partial charge in [0.05, 0.1) is 5.56 Å². The fraction of sp³-hybridized carbons (Fsp3) is 0. The van der Waals surface area contributed by atoms with Gasteiger partial charge in [0.2, 0.25) is 0 Å². The normalized spacial score (nSPS) is 11.4. The first kappa shape index (κ1) is 17.4. The van der Waals surface area contributed by atoms with Crippen molar-refractivity contribution in [2.75, 3.05) is 0 Å². The molecule has 5 nitrogen and oxygen atoms in total. The lowest BCUT2D eigenvalue weighted by atomic mass is 10.1. The van der Waals surface area contributed by atoms with E-state index in [1.54, 1.807) is 48.5 Å². The van der Waals surface area contributed by atoms with Gasteiger partial charge in [-0.1, -0.05) is 53.1 Å². The Morgan fingerprint density at radius 3 is 2.50 bits per heavy atom. The standard InChI is InChI=1S/C20H13N2O3S/c23-18-6-4-5-15(12-18)9-10-16-11-17(14-21-13-16)20(24)22-26(25)19-7-2-1-3-8-19/h1-8,11-14,23H/q-1. The molecule has 3 rings (SSSR count). The molecule has 3 aromatic rings. The van der Waals surface area contributed by atoms with Crippen molar-refractivity contribution in [2.45, 2.75) is 4.90 Å². The molecule has 0 aliphatic heterocycles. The van der Waals surface area contributed by atoms with Crippen molar-refractivity contribution in [1.29, 1.82) is 0 Å². The molecule has 0 saturated heterocycles. The predicted molar refractivity (Wildman–Crippen MR) is 97.8 cm³/mol. The maximum Gasteiger partial charge on any atom is 0.255 e. The van der Waals surface area contributed by atoms with Crippen LogP contribution in [0.5, 0.6) is 5.75 Å². The molecular weight excluding hydrogens is 348 g/mol. The first-order valence-electron chi connectivity index (χ1n) is 7.61. The van der Waals surface area contributed by atoms with Crippen LogP contribution in [-0.2, 0) is 14.8 Å². The summed E-state index contributed by atoms with van der Waals surface area (Å²) >= 11 is 0. The average Bonchev–Trinajstić information content (AvgIpc) is 2.67. The van der Waals surface area contributed by atoms with E-state index in [1.165, 1.54) is 24.5 Å². The minimum Gasteiger partial charge on any atom is -0.508 e. The molecule has 0 bridgehead atoms. The highest BCUT2D eigenvalue weighted by Gasteiger charge is 2.02. The summed E-state index contributed by atoms with van der Waals surface area (Å²) in [6.45, 7) is 0. The van der Waals surface area contributed by atoms with Gasteiger partial charge in [0.25, 0.3) is 5.91 Å². The molecule has 1 amide bonds. The lowest BCUT2D eigenvalue weighted by Gasteiger charge is -2.04. The van der Waals surface area contributed by atoms with Crippen LogP contribution in [-0.4, -0.2) is 16.0 Å². The maximum absolute atomic E-state index is 12.2. The molecular formula is C20H13N2O3S-. The molecule has 6 heteroatoms. The quantitative estimate of drug-likeness (QED) is 0.559. The van der Waals surface area contributed by atoms with Crippen LogP contribution in [0.1, 0.15) is 21.5 Å². The van der Waals surface area contributed by atoms with Crippen LogP contribution in [0.2, 0.25) is 0 Å². The smallest absolute Gasteiger partial charge is 0.255 e. The Morgan fingerprint density at radius 2 is 1.73 bits per heavy atom. The minimum atomic E-state index is -1.77. The van der Waals surface area contributed by atoms with E-state index in [2.05, 4.69) is 21.2 Å². The number of aromatic hydroxyl groups is 1. The predicted octanol–water partition coefficient (Wildman–Crippen LogP) is 3.53. The van der Waals surface area contributed by atoms with Gasteiger partial charge in [-0.25, -0.2) is 0 Å². The molecule has 1 aromatic heterocycles. The second-order valence-corrected chi connectivity index (χ2v) is 6.37. The second-order valence-electron chi connectivity index (χ2n) is 5.22. The van der Waals surface area contributed by atoms with Crippen LogP contribution in [0.3, 0.4) is 0 Å². The van der Waals surface area contributed by atoms with E-state index in [0.29, 0.717) is 16.0 Å². The Hall–Kier alpha value is -3.43. The molecule has 0 saturated carbocycles. The van der Waals surface area contributed by atoms with Gasteiger partial charge in [0, 0.05) is 23.5 Å². The summed E-state index contributed by atoms with van der Waals surface area (Å²) in [7, 11) is -1.77. The minimum absolute atomic E-state index is 0.126. The summed E-state index contributed by atoms with van der Waals surface area (Å²) < 4.78 is 15.8. The van der Waals surface area contributed by atoms with E-state index in [1.807, 2.05) is 0 Å². The maximum atomic E-state index is 12.2. The Balaban J connectivity index is 1.84. The lowest BCUT2D eigenvalue weighted by molar-refractivity contribution is 0.100. The number of hydrogen-bond acceptors (Lipinski definition) is 5. The summed E-state index contributed by atoms with van der Waals surface area (Å²) in [6.07, 6.45) is 2.87. The van der Waals surface area contributed by atoms with Crippen LogP contribution in [0, 0.1) is 11.8 Å². The molecule has 0 radical (unpaired) electrons. The van der Waals surface area contributed by atoms with Gasteiger partial charge in [-0.3, -0.25) is 9.78 Å². The SMILES string of the molecule is O=C(N=[S-](=O)c1ccccc1)c1cncc(C#Cc2cccc(O)c2)c1. The summed E-state index contributed by atoms with van der Waals surface area (Å²) in [5.41, 5.74) is 1.36. The van der Waals surface area contributed by atoms with Crippen LogP contribution in [0.15, 0.2) is 82.3 Å². The van der Waals surface area contributed by atoms with E-state index < -0.39 is 16.5 Å². The third-order valence-electron chi connectivity index (χ3n) is 3.29. The molecule has 1 heterocycles. The van der Waals surface area contributed by atoms with Crippen molar-refractivity contribution < 1.29 is 14.1 Å². The number of aromatic nitrogens is 1. The highest BCUT2D eigenvalue weighted by atomic mass is 32.2. The van der Waals surface area contributed by atoms with Crippen LogP contribution < -0.4 is 0 Å². The third kappa shape index (κ3) is 4.56. The number of phenolic OH excluding ortho intramolecular Hbond substituents is 1. The number of hydrogen-bond donors (Lipinski definition) is 1. The van der Waals surface area contributed by atoms with Crippen molar-refractivity contribution >= 4 is 16.5 Å². The number of carbonyl (C=O) groups is 1. The number of benzene rings is 2. The van der Waals surface area contributed by atoms with Crippen LogP contribution in [0.4, 0.5) is 0 Å². The molecule has 0 atom stereocenters. The molecule has 0 spiro atoms. The highest BCUT2D eigenvalue weighted by molar-refractivity contribution is 7.75. The Morgan fingerprint density at radius 1 is 0.962 bits per heavy atom. The van der Waals surface area contributed by atoms with E-state index in [-0.39, 0.29) is 11.3 Å². The Kier molecular flexibility index (Phi) is 5.42. The van der Waals surface area contributed by atoms with Gasteiger partial charge in [-0.05, 0) is 24.3 Å². The number of nitrogens with zero attached hydrogens (tertiary/aromatic N) is 2. The molecule has 0 aliphatic rings. The van der Waals surface area contributed by atoms with Crippen molar-refractivity contribution in [3.8, 4) is 17.6 Å².